The Morgan fingerprint density at radius 2 is 2.20 bits per heavy atom. The third-order valence-corrected chi connectivity index (χ3v) is 4.15. The molecule has 1 aliphatic heterocycles. The average molecular weight is 341 g/mol. The van der Waals surface area contributed by atoms with Gasteiger partial charge in [-0.15, -0.1) is 0 Å². The van der Waals surface area contributed by atoms with Crippen molar-refractivity contribution in [2.24, 2.45) is 0 Å². The van der Waals surface area contributed by atoms with Gasteiger partial charge in [-0.2, -0.15) is 0 Å². The van der Waals surface area contributed by atoms with E-state index in [1.165, 1.54) is 11.1 Å². The number of benzene rings is 1. The summed E-state index contributed by atoms with van der Waals surface area (Å²) in [4.78, 5) is 16.3. The Hall–Kier alpha value is -2.44. The van der Waals surface area contributed by atoms with Gasteiger partial charge in [-0.25, -0.2) is 4.98 Å². The second-order valence-electron chi connectivity index (χ2n) is 6.21. The summed E-state index contributed by atoms with van der Waals surface area (Å²) in [5.41, 5.74) is 3.03. The lowest BCUT2D eigenvalue weighted by Gasteiger charge is -2.23. The lowest BCUT2D eigenvalue weighted by Crippen LogP contribution is -2.43. The smallest absolute Gasteiger partial charge is 0.226 e. The molecule has 0 saturated carbocycles. The van der Waals surface area contributed by atoms with Crippen molar-refractivity contribution < 1.29 is 14.3 Å². The first-order chi connectivity index (χ1) is 12.1. The van der Waals surface area contributed by atoms with E-state index in [1.54, 1.807) is 18.3 Å². The summed E-state index contributed by atoms with van der Waals surface area (Å²) in [5.74, 6) is 1.17. The van der Waals surface area contributed by atoms with Gasteiger partial charge in [0, 0.05) is 25.1 Å². The van der Waals surface area contributed by atoms with E-state index >= 15 is 0 Å². The van der Waals surface area contributed by atoms with Crippen LogP contribution in [-0.2, 0) is 9.53 Å². The van der Waals surface area contributed by atoms with E-state index in [2.05, 4.69) is 22.5 Å². The maximum Gasteiger partial charge on any atom is 0.226 e. The van der Waals surface area contributed by atoms with E-state index in [9.17, 15) is 4.79 Å². The van der Waals surface area contributed by atoms with Gasteiger partial charge >= 0.3 is 0 Å². The molecule has 1 unspecified atom stereocenters. The lowest BCUT2D eigenvalue weighted by molar-refractivity contribution is -0.117. The van der Waals surface area contributed by atoms with Crippen molar-refractivity contribution >= 4 is 11.6 Å². The van der Waals surface area contributed by atoms with E-state index in [1.807, 2.05) is 25.1 Å². The fourth-order valence-corrected chi connectivity index (χ4v) is 2.60. The fourth-order valence-electron chi connectivity index (χ4n) is 2.60. The van der Waals surface area contributed by atoms with Gasteiger partial charge in [0.15, 0.2) is 0 Å². The number of pyridine rings is 1. The molecule has 25 heavy (non-hydrogen) atoms. The van der Waals surface area contributed by atoms with Crippen LogP contribution in [0.15, 0.2) is 36.5 Å². The van der Waals surface area contributed by atoms with Gasteiger partial charge in [0.2, 0.25) is 11.8 Å². The summed E-state index contributed by atoms with van der Waals surface area (Å²) >= 11 is 0. The van der Waals surface area contributed by atoms with Gasteiger partial charge < -0.3 is 20.1 Å². The van der Waals surface area contributed by atoms with Crippen LogP contribution in [0.4, 0.5) is 5.69 Å². The van der Waals surface area contributed by atoms with E-state index in [-0.39, 0.29) is 11.9 Å². The standard InChI is InChI=1S/C19H23N3O3/c1-13-3-5-17(9-14(13)2)25-19-6-4-15(11-21-19)22-18(23)10-16-12-24-8-7-20-16/h3-6,9,11,16,20H,7-8,10,12H2,1-2H3,(H,22,23). The second kappa shape index (κ2) is 8.09. The van der Waals surface area contributed by atoms with Crippen molar-refractivity contribution in [3.05, 3.63) is 47.7 Å². The highest BCUT2D eigenvalue weighted by Crippen LogP contribution is 2.23. The van der Waals surface area contributed by atoms with Gasteiger partial charge in [-0.05, 0) is 43.2 Å². The Morgan fingerprint density at radius 1 is 1.32 bits per heavy atom. The molecule has 1 aliphatic rings. The number of rotatable bonds is 5. The van der Waals surface area contributed by atoms with Crippen LogP contribution in [0.2, 0.25) is 0 Å². The molecule has 3 rings (SSSR count). The summed E-state index contributed by atoms with van der Waals surface area (Å²) in [6.07, 6.45) is 1.97. The Bertz CT molecular complexity index is 725. The predicted molar refractivity (Wildman–Crippen MR) is 96.1 cm³/mol. The zero-order valence-corrected chi connectivity index (χ0v) is 14.5. The van der Waals surface area contributed by atoms with Crippen molar-refractivity contribution in [2.75, 3.05) is 25.1 Å². The van der Waals surface area contributed by atoms with Crippen LogP contribution in [0.25, 0.3) is 0 Å². The number of carbonyl (C=O) groups is 1. The highest BCUT2D eigenvalue weighted by atomic mass is 16.5. The maximum atomic E-state index is 12.1. The fraction of sp³-hybridized carbons (Fsp3) is 0.368. The molecule has 1 saturated heterocycles. The Labute approximate surface area is 147 Å². The first-order valence-corrected chi connectivity index (χ1v) is 8.42. The van der Waals surface area contributed by atoms with Crippen molar-refractivity contribution in [1.82, 2.24) is 10.3 Å². The number of hydrogen-bond acceptors (Lipinski definition) is 5. The SMILES string of the molecule is Cc1ccc(Oc2ccc(NC(=O)CC3COCCN3)cn2)cc1C. The van der Waals surface area contributed by atoms with Gasteiger partial charge in [-0.1, -0.05) is 6.07 Å². The Morgan fingerprint density at radius 3 is 2.88 bits per heavy atom. The third kappa shape index (κ3) is 5.01. The maximum absolute atomic E-state index is 12.1. The number of aryl methyl sites for hydroxylation is 2. The molecular weight excluding hydrogens is 318 g/mol. The van der Waals surface area contributed by atoms with E-state index in [4.69, 9.17) is 9.47 Å². The largest absolute Gasteiger partial charge is 0.439 e. The molecule has 2 heterocycles. The average Bonchev–Trinajstić information content (AvgIpc) is 2.61. The highest BCUT2D eigenvalue weighted by Gasteiger charge is 2.16. The van der Waals surface area contributed by atoms with Crippen LogP contribution in [0.5, 0.6) is 11.6 Å². The molecule has 0 radical (unpaired) electrons. The number of hydrogen-bond donors (Lipinski definition) is 2. The van der Waals surface area contributed by atoms with Crippen LogP contribution in [-0.4, -0.2) is 36.7 Å². The van der Waals surface area contributed by atoms with Gasteiger partial charge in [0.05, 0.1) is 25.1 Å². The van der Waals surface area contributed by atoms with Crippen LogP contribution in [0.1, 0.15) is 17.5 Å². The number of carbonyl (C=O) groups excluding carboxylic acids is 1. The number of anilines is 1. The van der Waals surface area contributed by atoms with Crippen LogP contribution in [0, 0.1) is 13.8 Å². The summed E-state index contributed by atoms with van der Waals surface area (Å²) in [7, 11) is 0. The zero-order valence-electron chi connectivity index (χ0n) is 14.5. The van der Waals surface area contributed by atoms with Gasteiger partial charge in [0.1, 0.15) is 5.75 Å². The molecule has 0 spiro atoms. The molecule has 1 aromatic carbocycles. The second-order valence-corrected chi connectivity index (χ2v) is 6.21. The molecular formula is C19H23N3O3. The topological polar surface area (TPSA) is 72.5 Å². The lowest BCUT2D eigenvalue weighted by atomic mass is 10.1. The zero-order chi connectivity index (χ0) is 17.6. The van der Waals surface area contributed by atoms with Gasteiger partial charge in [0.25, 0.3) is 0 Å². The molecule has 1 aromatic heterocycles. The minimum Gasteiger partial charge on any atom is -0.439 e. The number of ether oxygens (including phenoxy) is 2. The molecule has 6 nitrogen and oxygen atoms in total. The number of nitrogens with one attached hydrogen (secondary N) is 2. The van der Waals surface area contributed by atoms with Crippen LogP contribution >= 0.6 is 0 Å². The molecule has 1 amide bonds. The van der Waals surface area contributed by atoms with Crippen LogP contribution < -0.4 is 15.4 Å². The summed E-state index contributed by atoms with van der Waals surface area (Å²) < 4.78 is 11.1. The van der Waals surface area contributed by atoms with E-state index in [0.717, 1.165) is 12.3 Å². The minimum atomic E-state index is -0.0624. The van der Waals surface area contributed by atoms with Gasteiger partial charge in [-0.3, -0.25) is 4.79 Å². The molecule has 1 atom stereocenters. The normalized spacial score (nSPS) is 17.1. The molecule has 2 N–H and O–H groups in total. The molecule has 1 fully saturated rings. The Kier molecular flexibility index (Phi) is 5.63. The molecule has 0 bridgehead atoms. The minimum absolute atomic E-state index is 0.0624. The third-order valence-electron chi connectivity index (χ3n) is 4.15. The van der Waals surface area contributed by atoms with E-state index < -0.39 is 0 Å². The predicted octanol–water partition coefficient (Wildman–Crippen LogP) is 2.81. The first kappa shape index (κ1) is 17.4. The molecule has 0 aliphatic carbocycles. The summed E-state index contributed by atoms with van der Waals surface area (Å²) in [6.45, 7) is 6.15. The van der Waals surface area contributed by atoms with Crippen molar-refractivity contribution in [2.45, 2.75) is 26.3 Å². The van der Waals surface area contributed by atoms with Crippen LogP contribution in [0.3, 0.4) is 0 Å². The summed E-state index contributed by atoms with van der Waals surface area (Å²) in [5, 5.41) is 6.10. The number of nitrogens with zero attached hydrogens (tertiary/aromatic N) is 1. The first-order valence-electron chi connectivity index (χ1n) is 8.42. The Balaban J connectivity index is 1.54. The highest BCUT2D eigenvalue weighted by molar-refractivity contribution is 5.90. The monoisotopic (exact) mass is 341 g/mol. The number of amides is 1. The van der Waals surface area contributed by atoms with Crippen molar-refractivity contribution in [3.63, 3.8) is 0 Å². The molecule has 132 valence electrons. The summed E-state index contributed by atoms with van der Waals surface area (Å²) in [6, 6.07) is 9.50. The van der Waals surface area contributed by atoms with E-state index in [0.29, 0.717) is 31.2 Å². The number of morpholine rings is 1. The molecule has 2 aromatic rings. The number of aromatic nitrogens is 1. The molecule has 6 heteroatoms. The van der Waals surface area contributed by atoms with Crippen molar-refractivity contribution in [1.29, 1.82) is 0 Å². The quantitative estimate of drug-likeness (QED) is 0.875. The van der Waals surface area contributed by atoms with Crippen molar-refractivity contribution in [3.8, 4) is 11.6 Å².